The van der Waals surface area contributed by atoms with Gasteiger partial charge in [0, 0.05) is 13.2 Å². The molecule has 27 heavy (non-hydrogen) atoms. The molecule has 0 saturated heterocycles. The monoisotopic (exact) mass is 365 g/mol. The van der Waals surface area contributed by atoms with Crippen LogP contribution in [-0.2, 0) is 4.74 Å². The van der Waals surface area contributed by atoms with Gasteiger partial charge in [0.05, 0.1) is 0 Å². The fraction of sp³-hybridized carbons (Fsp3) is 0.500. The van der Waals surface area contributed by atoms with Gasteiger partial charge in [-0.3, -0.25) is 0 Å². The Balaban J connectivity index is 1.70. The van der Waals surface area contributed by atoms with Crippen LogP contribution >= 0.6 is 0 Å². The highest BCUT2D eigenvalue weighted by Crippen LogP contribution is 2.12. The molecule has 1 N–H and O–H groups in total. The van der Waals surface area contributed by atoms with E-state index in [0.717, 1.165) is 38.5 Å². The molecule has 2 nitrogen and oxygen atoms in total. The fourth-order valence-corrected chi connectivity index (χ4v) is 3.49. The summed E-state index contributed by atoms with van der Waals surface area (Å²) in [6, 6.07) is 21.6. The van der Waals surface area contributed by atoms with Crippen LogP contribution in [0.1, 0.15) is 46.0 Å². The van der Waals surface area contributed by atoms with Gasteiger partial charge in [-0.2, -0.15) is 0 Å². The summed E-state index contributed by atoms with van der Waals surface area (Å²) in [6.07, 6.45) is 7.17. The van der Waals surface area contributed by atoms with Crippen LogP contribution < -0.4 is 16.2 Å². The first-order valence-electron chi connectivity index (χ1n) is 10.7. The van der Waals surface area contributed by atoms with Gasteiger partial charge < -0.3 is 10.1 Å². The van der Waals surface area contributed by atoms with Crippen molar-refractivity contribution in [2.45, 2.75) is 46.0 Å². The zero-order valence-electron chi connectivity index (χ0n) is 17.2. The van der Waals surface area contributed by atoms with Crippen LogP contribution in [-0.4, -0.2) is 32.9 Å². The van der Waals surface area contributed by atoms with Crippen LogP contribution in [0.15, 0.2) is 60.7 Å². The van der Waals surface area contributed by atoms with Crippen LogP contribution in [0.5, 0.6) is 0 Å². The van der Waals surface area contributed by atoms with Gasteiger partial charge in [0.25, 0.3) is 0 Å². The number of hydrogen-bond acceptors (Lipinski definition) is 2. The topological polar surface area (TPSA) is 21.3 Å². The van der Waals surface area contributed by atoms with Crippen LogP contribution in [0.25, 0.3) is 0 Å². The summed E-state index contributed by atoms with van der Waals surface area (Å²) >= 11 is 0. The number of hydrogen-bond donors (Lipinski definition) is 1. The molecule has 0 spiro atoms. The van der Waals surface area contributed by atoms with E-state index in [9.17, 15) is 0 Å². The Kier molecular flexibility index (Phi) is 10.9. The van der Waals surface area contributed by atoms with E-state index in [1.807, 2.05) is 0 Å². The van der Waals surface area contributed by atoms with Crippen molar-refractivity contribution in [3.63, 3.8) is 0 Å². The van der Waals surface area contributed by atoms with Crippen LogP contribution in [0.2, 0.25) is 0 Å². The molecule has 0 heterocycles. The van der Waals surface area contributed by atoms with Gasteiger partial charge >= 0.3 is 0 Å². The number of benzene rings is 2. The van der Waals surface area contributed by atoms with Gasteiger partial charge in [0.2, 0.25) is 6.71 Å². The smallest absolute Gasteiger partial charge is 0.223 e. The molecule has 1 unspecified atom stereocenters. The highest BCUT2D eigenvalue weighted by molar-refractivity contribution is 6.85. The molecule has 0 aliphatic carbocycles. The Morgan fingerprint density at radius 3 is 2.07 bits per heavy atom. The number of rotatable bonds is 14. The first-order valence-corrected chi connectivity index (χ1v) is 10.7. The zero-order chi connectivity index (χ0) is 19.2. The second-order valence-corrected chi connectivity index (χ2v) is 7.42. The molecule has 146 valence electrons. The lowest BCUT2D eigenvalue weighted by Gasteiger charge is -2.16. The molecule has 0 aromatic heterocycles. The summed E-state index contributed by atoms with van der Waals surface area (Å²) < 4.78 is 5.92. The maximum Gasteiger partial charge on any atom is 0.223 e. The van der Waals surface area contributed by atoms with E-state index in [2.05, 4.69) is 79.8 Å². The normalized spacial score (nSPS) is 12.1. The summed E-state index contributed by atoms with van der Waals surface area (Å²) in [6.45, 7) is 7.72. The molecule has 0 bridgehead atoms. The van der Waals surface area contributed by atoms with Crippen molar-refractivity contribution in [3.8, 4) is 0 Å². The number of nitrogens with one attached hydrogen (secondary N) is 1. The van der Waals surface area contributed by atoms with E-state index < -0.39 is 0 Å². The summed E-state index contributed by atoms with van der Waals surface area (Å²) in [7, 11) is 0. The molecule has 0 aliphatic rings. The Labute approximate surface area is 166 Å². The summed E-state index contributed by atoms with van der Waals surface area (Å²) in [5, 5.41) is 3.64. The van der Waals surface area contributed by atoms with E-state index in [-0.39, 0.29) is 0 Å². The molecule has 0 amide bonds. The molecule has 2 aromatic carbocycles. The third-order valence-corrected chi connectivity index (χ3v) is 5.29. The lowest BCUT2D eigenvalue weighted by atomic mass is 9.40. The fourth-order valence-electron chi connectivity index (χ4n) is 3.49. The second kappa shape index (κ2) is 13.6. The zero-order valence-corrected chi connectivity index (χ0v) is 17.2. The summed E-state index contributed by atoms with van der Waals surface area (Å²) in [5.74, 6) is 0.735. The van der Waals surface area contributed by atoms with Crippen molar-refractivity contribution in [2.75, 3.05) is 26.2 Å². The SMILES string of the molecule is CCCCC(CC)COCCCNCB(c1ccccc1)c1ccccc1. The van der Waals surface area contributed by atoms with Crippen molar-refractivity contribution in [1.82, 2.24) is 5.32 Å². The van der Waals surface area contributed by atoms with Gasteiger partial charge in [-0.15, -0.1) is 0 Å². The maximum atomic E-state index is 5.92. The Hall–Kier alpha value is -1.58. The first-order chi connectivity index (χ1) is 13.3. The highest BCUT2D eigenvalue weighted by atomic mass is 16.5. The van der Waals surface area contributed by atoms with E-state index in [1.165, 1.54) is 36.6 Å². The third-order valence-electron chi connectivity index (χ3n) is 5.29. The number of ether oxygens (including phenoxy) is 1. The minimum absolute atomic E-state index is 0.395. The van der Waals surface area contributed by atoms with Gasteiger partial charge in [0.15, 0.2) is 0 Å². The Morgan fingerprint density at radius 1 is 0.889 bits per heavy atom. The average molecular weight is 365 g/mol. The Bertz CT molecular complexity index is 550. The molecule has 2 rings (SSSR count). The van der Waals surface area contributed by atoms with Gasteiger partial charge in [-0.05, 0) is 31.7 Å². The van der Waals surface area contributed by atoms with E-state index in [0.29, 0.717) is 6.71 Å². The molecule has 0 aliphatic heterocycles. The van der Waals surface area contributed by atoms with Crippen LogP contribution in [0.3, 0.4) is 0 Å². The molecule has 0 saturated carbocycles. The predicted molar refractivity (Wildman–Crippen MR) is 120 cm³/mol. The van der Waals surface area contributed by atoms with Gasteiger partial charge in [0.1, 0.15) is 0 Å². The largest absolute Gasteiger partial charge is 0.381 e. The lowest BCUT2D eigenvalue weighted by molar-refractivity contribution is 0.0923. The third kappa shape index (κ3) is 8.32. The molecule has 0 fully saturated rings. The molecular formula is C24H36BNO. The van der Waals surface area contributed by atoms with Crippen LogP contribution in [0.4, 0.5) is 0 Å². The predicted octanol–water partition coefficient (Wildman–Crippen LogP) is 4.05. The minimum atomic E-state index is 0.395. The van der Waals surface area contributed by atoms with E-state index >= 15 is 0 Å². The molecule has 0 radical (unpaired) electrons. The van der Waals surface area contributed by atoms with E-state index in [1.54, 1.807) is 0 Å². The molecular weight excluding hydrogens is 329 g/mol. The number of unbranched alkanes of at least 4 members (excludes halogenated alkanes) is 1. The van der Waals surface area contributed by atoms with Crippen molar-refractivity contribution in [1.29, 1.82) is 0 Å². The molecule has 1 atom stereocenters. The summed E-state index contributed by atoms with van der Waals surface area (Å²) in [4.78, 5) is 0. The van der Waals surface area contributed by atoms with Crippen molar-refractivity contribution < 1.29 is 4.74 Å². The van der Waals surface area contributed by atoms with Gasteiger partial charge in [-0.1, -0.05) is 105 Å². The summed E-state index contributed by atoms with van der Waals surface area (Å²) in [5.41, 5.74) is 2.74. The van der Waals surface area contributed by atoms with Gasteiger partial charge in [-0.25, -0.2) is 0 Å². The standard InChI is InChI=1S/C24H36BNO/c1-3-5-13-22(4-2)20-27-19-12-18-26-21-25(23-14-8-6-9-15-23)24-16-10-7-11-17-24/h6-11,14-17,22,26H,3-5,12-13,18-21H2,1-2H3. The molecule has 2 aromatic rings. The van der Waals surface area contributed by atoms with Crippen molar-refractivity contribution in [3.05, 3.63) is 60.7 Å². The average Bonchev–Trinajstić information content (AvgIpc) is 2.73. The first kappa shape index (κ1) is 21.7. The quantitative estimate of drug-likeness (QED) is 0.403. The minimum Gasteiger partial charge on any atom is -0.381 e. The van der Waals surface area contributed by atoms with Crippen LogP contribution in [0, 0.1) is 5.92 Å². The molecule has 3 heteroatoms. The maximum absolute atomic E-state index is 5.92. The van der Waals surface area contributed by atoms with Crippen molar-refractivity contribution >= 4 is 17.6 Å². The Morgan fingerprint density at radius 2 is 1.52 bits per heavy atom. The highest BCUT2D eigenvalue weighted by Gasteiger charge is 2.17. The van der Waals surface area contributed by atoms with Crippen molar-refractivity contribution in [2.24, 2.45) is 5.92 Å². The van der Waals surface area contributed by atoms with E-state index in [4.69, 9.17) is 4.74 Å². The second-order valence-electron chi connectivity index (χ2n) is 7.42. The lowest BCUT2D eigenvalue weighted by Crippen LogP contribution is -2.50.